The normalized spacial score (nSPS) is 15.1. The molecule has 4 unspecified atom stereocenters. The van der Waals surface area contributed by atoms with Gasteiger partial charge in [-0.1, -0.05) is 0 Å². The molecular formula is C13H22N4O9. The molecule has 0 spiro atoms. The Morgan fingerprint density at radius 1 is 0.846 bits per heavy atom. The zero-order chi connectivity index (χ0) is 20.4. The Kier molecular flexibility index (Phi) is 9.80. The molecule has 0 radical (unpaired) electrons. The molecule has 4 atom stereocenters. The maximum atomic E-state index is 12.0. The topological polar surface area (TPSA) is 228 Å². The largest absolute Gasteiger partial charge is 0.481 e. The van der Waals surface area contributed by atoms with Gasteiger partial charge in [0, 0.05) is 0 Å². The van der Waals surface area contributed by atoms with E-state index in [4.69, 9.17) is 26.2 Å². The Morgan fingerprint density at radius 2 is 1.38 bits per heavy atom. The molecule has 0 fully saturated rings. The van der Waals surface area contributed by atoms with Gasteiger partial charge in [0.15, 0.2) is 0 Å². The van der Waals surface area contributed by atoms with E-state index in [1.54, 1.807) is 0 Å². The predicted molar refractivity (Wildman–Crippen MR) is 83.5 cm³/mol. The molecule has 0 aliphatic rings. The fourth-order valence-corrected chi connectivity index (χ4v) is 1.61. The fraction of sp³-hybridized carbons (Fsp3) is 0.615. The second-order valence-electron chi connectivity index (χ2n) is 5.26. The number of nitrogens with one attached hydrogen (secondary N) is 3. The van der Waals surface area contributed by atoms with Crippen LogP contribution in [0.4, 0.5) is 0 Å². The summed E-state index contributed by atoms with van der Waals surface area (Å²) in [6.07, 6.45) is -0.865. The van der Waals surface area contributed by atoms with Crippen LogP contribution >= 0.6 is 0 Å². The molecule has 3 amide bonds. The zero-order valence-electron chi connectivity index (χ0n) is 13.8. The molecule has 0 heterocycles. The number of nitrogens with two attached hydrogens (primary N) is 1. The van der Waals surface area contributed by atoms with Crippen molar-refractivity contribution in [3.63, 3.8) is 0 Å². The Labute approximate surface area is 147 Å². The minimum atomic E-state index is -1.70. The van der Waals surface area contributed by atoms with Gasteiger partial charge in [-0.15, -0.1) is 0 Å². The number of hydrogen-bond donors (Lipinski definition) is 8. The molecule has 0 saturated heterocycles. The molecule has 0 aromatic carbocycles. The van der Waals surface area contributed by atoms with E-state index in [-0.39, 0.29) is 0 Å². The monoisotopic (exact) mass is 378 g/mol. The van der Waals surface area contributed by atoms with Gasteiger partial charge in [-0.2, -0.15) is 0 Å². The van der Waals surface area contributed by atoms with Gasteiger partial charge < -0.3 is 42.1 Å². The molecule has 0 aliphatic carbocycles. The third kappa shape index (κ3) is 7.87. The van der Waals surface area contributed by atoms with Crippen LogP contribution in [0, 0.1) is 0 Å². The Morgan fingerprint density at radius 3 is 1.81 bits per heavy atom. The molecule has 26 heavy (non-hydrogen) atoms. The van der Waals surface area contributed by atoms with Crippen LogP contribution in [-0.2, 0) is 24.0 Å². The van der Waals surface area contributed by atoms with Crippen LogP contribution in [0.3, 0.4) is 0 Å². The van der Waals surface area contributed by atoms with Gasteiger partial charge in [-0.3, -0.25) is 19.2 Å². The lowest BCUT2D eigenvalue weighted by Crippen LogP contribution is -2.57. The van der Waals surface area contributed by atoms with Crippen molar-refractivity contribution in [2.24, 2.45) is 5.73 Å². The molecule has 0 rings (SSSR count). The first kappa shape index (κ1) is 23.2. The van der Waals surface area contributed by atoms with Crippen molar-refractivity contribution in [1.82, 2.24) is 16.0 Å². The summed E-state index contributed by atoms with van der Waals surface area (Å²) in [5.74, 6) is -5.89. The lowest BCUT2D eigenvalue weighted by molar-refractivity contribution is -0.147. The van der Waals surface area contributed by atoms with Crippen LogP contribution in [-0.4, -0.2) is 87.5 Å². The van der Waals surface area contributed by atoms with Gasteiger partial charge >= 0.3 is 11.9 Å². The maximum Gasteiger partial charge on any atom is 0.326 e. The molecule has 9 N–H and O–H groups in total. The van der Waals surface area contributed by atoms with Crippen LogP contribution in [0.15, 0.2) is 0 Å². The second kappa shape index (κ2) is 11.0. The van der Waals surface area contributed by atoms with Gasteiger partial charge in [0.25, 0.3) is 0 Å². The van der Waals surface area contributed by atoms with Crippen LogP contribution in [0.5, 0.6) is 0 Å². The summed E-state index contributed by atoms with van der Waals surface area (Å²) < 4.78 is 0. The number of amides is 3. The SMILES string of the molecule is CC(NC(=O)C(CO)NC(=O)C(N)CO)C(=O)NC(CC(=O)O)C(=O)O. The Hall–Kier alpha value is -2.77. The first-order valence-electron chi connectivity index (χ1n) is 7.36. The average molecular weight is 378 g/mol. The second-order valence-corrected chi connectivity index (χ2v) is 5.26. The lowest BCUT2D eigenvalue weighted by Gasteiger charge is -2.21. The highest BCUT2D eigenvalue weighted by Gasteiger charge is 2.28. The van der Waals surface area contributed by atoms with E-state index in [1.165, 1.54) is 6.92 Å². The third-order valence-electron chi connectivity index (χ3n) is 3.09. The summed E-state index contributed by atoms with van der Waals surface area (Å²) in [5, 5.41) is 41.5. The molecular weight excluding hydrogens is 356 g/mol. The van der Waals surface area contributed by atoms with Crippen molar-refractivity contribution in [2.75, 3.05) is 13.2 Å². The summed E-state index contributed by atoms with van der Waals surface area (Å²) in [5.41, 5.74) is 5.25. The van der Waals surface area contributed by atoms with E-state index in [2.05, 4.69) is 10.6 Å². The van der Waals surface area contributed by atoms with Crippen molar-refractivity contribution in [3.05, 3.63) is 0 Å². The van der Waals surface area contributed by atoms with E-state index < -0.39 is 73.5 Å². The van der Waals surface area contributed by atoms with Gasteiger partial charge in [-0.25, -0.2) is 4.79 Å². The van der Waals surface area contributed by atoms with Crippen LogP contribution in [0.2, 0.25) is 0 Å². The lowest BCUT2D eigenvalue weighted by atomic mass is 10.2. The summed E-state index contributed by atoms with van der Waals surface area (Å²) in [4.78, 5) is 56.8. The molecule has 0 aromatic rings. The van der Waals surface area contributed by atoms with Crippen LogP contribution < -0.4 is 21.7 Å². The first-order chi connectivity index (χ1) is 12.0. The minimum absolute atomic E-state index is 0.690. The standard InChI is InChI=1S/C13H22N4O9/c1-5(10(22)16-7(13(25)26)2-9(20)21)15-12(24)8(4-19)17-11(23)6(14)3-18/h5-8,18-19H,2-4,14H2,1H3,(H,15,24)(H,16,22)(H,17,23)(H,20,21)(H,25,26). The number of rotatable bonds is 11. The zero-order valence-corrected chi connectivity index (χ0v) is 13.8. The van der Waals surface area contributed by atoms with Crippen molar-refractivity contribution in [3.8, 4) is 0 Å². The van der Waals surface area contributed by atoms with Gasteiger partial charge in [0.2, 0.25) is 17.7 Å². The number of carbonyl (C=O) groups is 5. The molecule has 0 aromatic heterocycles. The van der Waals surface area contributed by atoms with E-state index >= 15 is 0 Å². The van der Waals surface area contributed by atoms with Gasteiger partial charge in [0.1, 0.15) is 24.2 Å². The van der Waals surface area contributed by atoms with Crippen molar-refractivity contribution >= 4 is 29.7 Å². The summed E-state index contributed by atoms with van der Waals surface area (Å²) >= 11 is 0. The maximum absolute atomic E-state index is 12.0. The molecule has 0 bridgehead atoms. The number of carbonyl (C=O) groups excluding carboxylic acids is 3. The van der Waals surface area contributed by atoms with E-state index in [9.17, 15) is 24.0 Å². The highest BCUT2D eigenvalue weighted by atomic mass is 16.4. The fourth-order valence-electron chi connectivity index (χ4n) is 1.61. The minimum Gasteiger partial charge on any atom is -0.481 e. The van der Waals surface area contributed by atoms with Crippen LogP contribution in [0.1, 0.15) is 13.3 Å². The molecule has 148 valence electrons. The highest BCUT2D eigenvalue weighted by Crippen LogP contribution is 1.96. The molecule has 0 saturated carbocycles. The smallest absolute Gasteiger partial charge is 0.326 e. The summed E-state index contributed by atoms with van der Waals surface area (Å²) in [7, 11) is 0. The Balaban J connectivity index is 4.79. The van der Waals surface area contributed by atoms with E-state index in [1.807, 2.05) is 5.32 Å². The van der Waals surface area contributed by atoms with Crippen molar-refractivity contribution < 1.29 is 44.4 Å². The van der Waals surface area contributed by atoms with Gasteiger partial charge in [0.05, 0.1) is 19.6 Å². The summed E-state index contributed by atoms with van der Waals surface area (Å²) in [6.45, 7) is -0.339. The van der Waals surface area contributed by atoms with Crippen molar-refractivity contribution in [2.45, 2.75) is 37.5 Å². The average Bonchev–Trinajstić information content (AvgIpc) is 2.56. The number of carboxylic acid groups (broad SMARTS) is 2. The highest BCUT2D eigenvalue weighted by molar-refractivity contribution is 5.94. The molecule has 13 heteroatoms. The van der Waals surface area contributed by atoms with Crippen LogP contribution in [0.25, 0.3) is 0 Å². The number of aliphatic hydroxyl groups is 2. The van der Waals surface area contributed by atoms with Gasteiger partial charge in [-0.05, 0) is 6.92 Å². The number of hydrogen-bond acceptors (Lipinski definition) is 8. The predicted octanol–water partition coefficient (Wildman–Crippen LogP) is -4.67. The molecule has 0 aliphatic heterocycles. The summed E-state index contributed by atoms with van der Waals surface area (Å²) in [6, 6.07) is -5.78. The third-order valence-corrected chi connectivity index (χ3v) is 3.09. The number of carboxylic acids is 2. The van der Waals surface area contributed by atoms with Crippen molar-refractivity contribution in [1.29, 1.82) is 0 Å². The van der Waals surface area contributed by atoms with E-state index in [0.29, 0.717) is 0 Å². The quantitative estimate of drug-likeness (QED) is 0.171. The van der Waals surface area contributed by atoms with E-state index in [0.717, 1.165) is 0 Å². The number of aliphatic carboxylic acids is 2. The molecule has 13 nitrogen and oxygen atoms in total. The Bertz CT molecular complexity index is 554. The first-order valence-corrected chi connectivity index (χ1v) is 7.36. The number of aliphatic hydroxyl groups excluding tert-OH is 2.